The van der Waals surface area contributed by atoms with Gasteiger partial charge in [-0.15, -0.1) is 0 Å². The number of rotatable bonds is 2. The molecule has 1 N–H and O–H groups in total. The molecule has 26 heavy (non-hydrogen) atoms. The summed E-state index contributed by atoms with van der Waals surface area (Å²) in [7, 11) is 0. The van der Waals surface area contributed by atoms with Crippen LogP contribution in [0.25, 0.3) is 16.5 Å². The van der Waals surface area contributed by atoms with E-state index in [1.165, 1.54) is 12.1 Å². The summed E-state index contributed by atoms with van der Waals surface area (Å²) in [4.78, 5) is 17.6. The predicted octanol–water partition coefficient (Wildman–Crippen LogP) is 5.54. The highest BCUT2D eigenvalue weighted by atomic mass is 35.5. The second kappa shape index (κ2) is 6.78. The molecular weight excluding hydrogens is 374 g/mol. The van der Waals surface area contributed by atoms with E-state index in [9.17, 15) is 9.18 Å². The van der Waals surface area contributed by atoms with Gasteiger partial charge in [0.25, 0.3) is 5.91 Å². The van der Waals surface area contributed by atoms with E-state index >= 15 is 0 Å². The summed E-state index contributed by atoms with van der Waals surface area (Å²) in [6, 6.07) is 9.62. The first-order chi connectivity index (χ1) is 12.5. The third-order valence-corrected chi connectivity index (χ3v) is 5.20. The summed E-state index contributed by atoms with van der Waals surface area (Å²) < 4.78 is 13.3. The number of amides is 1. The van der Waals surface area contributed by atoms with E-state index in [4.69, 9.17) is 23.2 Å². The molecule has 1 aromatic heterocycles. The van der Waals surface area contributed by atoms with E-state index < -0.39 is 0 Å². The zero-order valence-electron chi connectivity index (χ0n) is 13.7. The molecular formula is C20H15Cl2FN2O. The first-order valence-corrected chi connectivity index (χ1v) is 8.99. The fourth-order valence-corrected chi connectivity index (χ4v) is 3.78. The first-order valence-electron chi connectivity index (χ1n) is 8.23. The summed E-state index contributed by atoms with van der Waals surface area (Å²) in [5.41, 5.74) is 3.42. The molecule has 0 radical (unpaired) electrons. The summed E-state index contributed by atoms with van der Waals surface area (Å²) >= 11 is 12.0. The first kappa shape index (κ1) is 17.1. The molecule has 4 rings (SSSR count). The Balaban J connectivity index is 1.57. The van der Waals surface area contributed by atoms with Crippen LogP contribution in [-0.2, 0) is 0 Å². The van der Waals surface area contributed by atoms with Crippen molar-refractivity contribution in [2.45, 2.75) is 6.42 Å². The van der Waals surface area contributed by atoms with E-state index in [1.54, 1.807) is 29.2 Å². The molecule has 132 valence electrons. The van der Waals surface area contributed by atoms with Crippen LogP contribution in [0.4, 0.5) is 4.39 Å². The maximum atomic E-state index is 13.3. The summed E-state index contributed by atoms with van der Waals surface area (Å²) in [6.07, 6.45) is 4.65. The van der Waals surface area contributed by atoms with Crippen molar-refractivity contribution in [3.8, 4) is 0 Å². The van der Waals surface area contributed by atoms with Gasteiger partial charge in [0, 0.05) is 40.8 Å². The van der Waals surface area contributed by atoms with E-state index in [0.29, 0.717) is 28.7 Å². The monoisotopic (exact) mass is 388 g/mol. The number of H-pyrrole nitrogens is 1. The molecule has 0 unspecified atom stereocenters. The van der Waals surface area contributed by atoms with Crippen LogP contribution in [-0.4, -0.2) is 28.9 Å². The van der Waals surface area contributed by atoms with Crippen molar-refractivity contribution in [1.82, 2.24) is 9.88 Å². The highest BCUT2D eigenvalue weighted by Gasteiger charge is 2.22. The summed E-state index contributed by atoms with van der Waals surface area (Å²) in [5, 5.41) is 1.84. The number of nitrogens with zero attached hydrogens (tertiary/aromatic N) is 1. The Kier molecular flexibility index (Phi) is 4.47. The second-order valence-corrected chi connectivity index (χ2v) is 7.09. The van der Waals surface area contributed by atoms with Gasteiger partial charge >= 0.3 is 0 Å². The molecule has 1 aliphatic heterocycles. The van der Waals surface area contributed by atoms with Crippen molar-refractivity contribution in [2.24, 2.45) is 0 Å². The van der Waals surface area contributed by atoms with Crippen LogP contribution in [0.15, 0.2) is 48.7 Å². The van der Waals surface area contributed by atoms with Gasteiger partial charge in [-0.3, -0.25) is 4.79 Å². The SMILES string of the molecule is O=C(c1ccc(Cl)cc1Cl)N1CC=C(c2c[nH]c3cc(F)ccc23)CC1. The molecule has 6 heteroatoms. The lowest BCUT2D eigenvalue weighted by Gasteiger charge is -2.27. The molecule has 0 saturated carbocycles. The number of fused-ring (bicyclic) bond motifs is 1. The number of nitrogens with one attached hydrogen (secondary N) is 1. The Morgan fingerprint density at radius 2 is 2.00 bits per heavy atom. The van der Waals surface area contributed by atoms with Crippen LogP contribution in [0.1, 0.15) is 22.3 Å². The molecule has 1 amide bonds. The normalized spacial score (nSPS) is 14.6. The largest absolute Gasteiger partial charge is 0.360 e. The summed E-state index contributed by atoms with van der Waals surface area (Å²) in [5.74, 6) is -0.372. The molecule has 3 aromatic rings. The minimum Gasteiger partial charge on any atom is -0.360 e. The number of aromatic nitrogens is 1. The molecule has 0 spiro atoms. The number of carbonyl (C=O) groups excluding carboxylic acids is 1. The zero-order chi connectivity index (χ0) is 18.3. The molecule has 2 aromatic carbocycles. The number of aromatic amines is 1. The quantitative estimate of drug-likeness (QED) is 0.614. The number of hydrogen-bond donors (Lipinski definition) is 1. The van der Waals surface area contributed by atoms with Gasteiger partial charge in [0.15, 0.2) is 0 Å². The minimum atomic E-state index is -0.264. The lowest BCUT2D eigenvalue weighted by atomic mass is 9.98. The molecule has 1 aliphatic rings. The molecule has 3 nitrogen and oxygen atoms in total. The maximum Gasteiger partial charge on any atom is 0.255 e. The Morgan fingerprint density at radius 3 is 2.73 bits per heavy atom. The van der Waals surface area contributed by atoms with Gasteiger partial charge in [-0.2, -0.15) is 0 Å². The number of hydrogen-bond acceptors (Lipinski definition) is 1. The standard InChI is InChI=1S/C20H15Cl2FN2O/c21-13-1-3-16(18(22)9-13)20(26)25-7-5-12(6-8-25)17-11-24-19-10-14(23)2-4-15(17)19/h1-5,9-11,24H,6-8H2. The molecule has 2 heterocycles. The van der Waals surface area contributed by atoms with E-state index in [-0.39, 0.29) is 11.7 Å². The second-order valence-electron chi connectivity index (χ2n) is 6.25. The Bertz CT molecular complexity index is 1040. The van der Waals surface area contributed by atoms with Gasteiger partial charge in [-0.05, 0) is 48.4 Å². The van der Waals surface area contributed by atoms with Gasteiger partial charge < -0.3 is 9.88 Å². The average Bonchev–Trinajstić information content (AvgIpc) is 3.04. The molecule has 0 aliphatic carbocycles. The van der Waals surface area contributed by atoms with Gasteiger partial charge in [0.05, 0.1) is 10.6 Å². The third kappa shape index (κ3) is 3.11. The van der Waals surface area contributed by atoms with Crippen LogP contribution >= 0.6 is 23.2 Å². The third-order valence-electron chi connectivity index (χ3n) is 4.65. The average molecular weight is 389 g/mol. The number of benzene rings is 2. The van der Waals surface area contributed by atoms with E-state index in [2.05, 4.69) is 4.98 Å². The highest BCUT2D eigenvalue weighted by Crippen LogP contribution is 2.30. The smallest absolute Gasteiger partial charge is 0.255 e. The molecule has 0 fully saturated rings. The van der Waals surface area contributed by atoms with Crippen molar-refractivity contribution in [1.29, 1.82) is 0 Å². The van der Waals surface area contributed by atoms with Crippen LogP contribution in [0.2, 0.25) is 10.0 Å². The number of carbonyl (C=O) groups is 1. The lowest BCUT2D eigenvalue weighted by Crippen LogP contribution is -2.34. The van der Waals surface area contributed by atoms with Gasteiger partial charge in [-0.25, -0.2) is 4.39 Å². The van der Waals surface area contributed by atoms with Crippen molar-refractivity contribution in [3.63, 3.8) is 0 Å². The van der Waals surface area contributed by atoms with E-state index in [1.807, 2.05) is 12.3 Å². The molecule has 0 atom stereocenters. The van der Waals surface area contributed by atoms with Crippen LogP contribution in [0.5, 0.6) is 0 Å². The number of halogens is 3. The van der Waals surface area contributed by atoms with Crippen molar-refractivity contribution in [2.75, 3.05) is 13.1 Å². The molecule has 0 saturated heterocycles. The van der Waals surface area contributed by atoms with Gasteiger partial charge in [0.1, 0.15) is 5.82 Å². The Hall–Kier alpha value is -2.30. The minimum absolute atomic E-state index is 0.108. The fraction of sp³-hybridized carbons (Fsp3) is 0.150. The van der Waals surface area contributed by atoms with Crippen LogP contribution < -0.4 is 0 Å². The van der Waals surface area contributed by atoms with Crippen molar-refractivity contribution >= 4 is 45.6 Å². The molecule has 0 bridgehead atoms. The zero-order valence-corrected chi connectivity index (χ0v) is 15.2. The van der Waals surface area contributed by atoms with Gasteiger partial charge in [-0.1, -0.05) is 29.3 Å². The topological polar surface area (TPSA) is 36.1 Å². The predicted molar refractivity (Wildman–Crippen MR) is 103 cm³/mol. The van der Waals surface area contributed by atoms with Crippen LogP contribution in [0.3, 0.4) is 0 Å². The highest BCUT2D eigenvalue weighted by molar-refractivity contribution is 6.36. The van der Waals surface area contributed by atoms with E-state index in [0.717, 1.165) is 28.5 Å². The van der Waals surface area contributed by atoms with Crippen LogP contribution in [0, 0.1) is 5.82 Å². The maximum absolute atomic E-state index is 13.3. The Labute approximate surface area is 160 Å². The lowest BCUT2D eigenvalue weighted by molar-refractivity contribution is 0.0773. The van der Waals surface area contributed by atoms with Gasteiger partial charge in [0.2, 0.25) is 0 Å². The Morgan fingerprint density at radius 1 is 1.15 bits per heavy atom. The fourth-order valence-electron chi connectivity index (χ4n) is 3.30. The summed E-state index contributed by atoms with van der Waals surface area (Å²) in [6.45, 7) is 1.10. The van der Waals surface area contributed by atoms with Crippen molar-refractivity contribution < 1.29 is 9.18 Å². The van der Waals surface area contributed by atoms with Crippen molar-refractivity contribution in [3.05, 3.63) is 75.7 Å².